The highest BCUT2D eigenvalue weighted by molar-refractivity contribution is 6.31. The maximum Gasteiger partial charge on any atom is 0.282 e. The lowest BCUT2D eigenvalue weighted by Gasteiger charge is -2.16. The molecule has 0 saturated heterocycles. The summed E-state index contributed by atoms with van der Waals surface area (Å²) in [6.45, 7) is 2.45. The first-order chi connectivity index (χ1) is 19.9. The van der Waals surface area contributed by atoms with Crippen molar-refractivity contribution in [1.82, 2.24) is 9.66 Å². The Morgan fingerprint density at radius 3 is 2.68 bits per heavy atom. The van der Waals surface area contributed by atoms with Gasteiger partial charge in [-0.05, 0) is 61.0 Å². The summed E-state index contributed by atoms with van der Waals surface area (Å²) in [4.78, 5) is 20.5. The first kappa shape index (κ1) is 26.3. The van der Waals surface area contributed by atoms with Crippen LogP contribution in [0.4, 0.5) is 5.69 Å². The van der Waals surface area contributed by atoms with Crippen molar-refractivity contribution in [2.24, 2.45) is 5.10 Å². The average molecular weight is 563 g/mol. The molecule has 0 spiro atoms. The number of aromatic nitrogens is 2. The first-order valence-corrected chi connectivity index (χ1v) is 13.5. The molecule has 7 nitrogen and oxygen atoms in total. The molecule has 2 heterocycles. The van der Waals surface area contributed by atoms with Crippen molar-refractivity contribution in [2.75, 3.05) is 19.0 Å². The van der Waals surface area contributed by atoms with Crippen LogP contribution in [0.15, 0.2) is 105 Å². The zero-order valence-electron chi connectivity index (χ0n) is 22.8. The van der Waals surface area contributed by atoms with Crippen LogP contribution in [0.25, 0.3) is 33.5 Å². The van der Waals surface area contributed by atoms with Crippen molar-refractivity contribution in [3.8, 4) is 17.3 Å². The lowest BCUT2D eigenvalue weighted by Crippen LogP contribution is -2.20. The molecule has 0 bridgehead atoms. The van der Waals surface area contributed by atoms with Gasteiger partial charge >= 0.3 is 0 Å². The number of aryl methyl sites for hydroxylation is 1. The van der Waals surface area contributed by atoms with Gasteiger partial charge in [0.25, 0.3) is 5.56 Å². The highest BCUT2D eigenvalue weighted by Gasteiger charge is 2.17. The second kappa shape index (κ2) is 10.9. The van der Waals surface area contributed by atoms with Crippen molar-refractivity contribution >= 4 is 45.4 Å². The van der Waals surface area contributed by atoms with E-state index in [0.717, 1.165) is 16.6 Å². The quantitative estimate of drug-likeness (QED) is 0.191. The van der Waals surface area contributed by atoms with Gasteiger partial charge in [-0.3, -0.25) is 4.79 Å². The van der Waals surface area contributed by atoms with Crippen LogP contribution < -0.4 is 15.2 Å². The molecule has 2 aromatic heterocycles. The van der Waals surface area contributed by atoms with Gasteiger partial charge in [0.15, 0.2) is 5.76 Å². The minimum absolute atomic E-state index is 0.282. The van der Waals surface area contributed by atoms with Crippen LogP contribution in [0.2, 0.25) is 5.02 Å². The Bertz CT molecular complexity index is 1990. The van der Waals surface area contributed by atoms with Crippen LogP contribution in [0, 0.1) is 6.92 Å². The topological polar surface area (TPSA) is 72.9 Å². The summed E-state index contributed by atoms with van der Waals surface area (Å²) in [7, 11) is 3.95. The molecule has 0 aliphatic heterocycles. The van der Waals surface area contributed by atoms with Gasteiger partial charge in [0.1, 0.15) is 17.9 Å². The Morgan fingerprint density at radius 1 is 1.00 bits per heavy atom. The van der Waals surface area contributed by atoms with E-state index in [1.54, 1.807) is 42.6 Å². The second-order valence-corrected chi connectivity index (χ2v) is 10.4. The molecule has 0 saturated carbocycles. The first-order valence-electron chi connectivity index (χ1n) is 13.1. The molecule has 4 aromatic carbocycles. The number of hydrogen-bond donors (Lipinski definition) is 0. The van der Waals surface area contributed by atoms with Crippen LogP contribution in [0.1, 0.15) is 16.7 Å². The molecular formula is C33H27ClN4O3. The van der Waals surface area contributed by atoms with E-state index in [0.29, 0.717) is 45.2 Å². The van der Waals surface area contributed by atoms with Gasteiger partial charge in [0.05, 0.1) is 17.1 Å². The minimum atomic E-state index is -0.313. The van der Waals surface area contributed by atoms with Gasteiger partial charge < -0.3 is 14.1 Å². The van der Waals surface area contributed by atoms with E-state index in [2.05, 4.69) is 24.2 Å². The normalized spacial score (nSPS) is 11.5. The molecule has 6 rings (SSSR count). The molecule has 0 fully saturated rings. The van der Waals surface area contributed by atoms with E-state index in [-0.39, 0.29) is 11.4 Å². The molecule has 41 heavy (non-hydrogen) atoms. The molecule has 204 valence electrons. The predicted octanol–water partition coefficient (Wildman–Crippen LogP) is 7.30. The van der Waals surface area contributed by atoms with Crippen molar-refractivity contribution in [3.63, 3.8) is 0 Å². The van der Waals surface area contributed by atoms with Gasteiger partial charge in [-0.2, -0.15) is 9.78 Å². The standard InChI is InChI=1S/C33H27ClN4O3/c1-21-7-6-8-22(15-21)20-40-30-18-26(37(2)3)13-11-23(30)19-35-38-32(36-28-10-5-4-9-27(28)33(38)39)31-17-24-16-25(34)12-14-29(24)41-31/h4-19H,20H2,1-3H3. The van der Waals surface area contributed by atoms with Crippen LogP contribution in [-0.2, 0) is 6.61 Å². The number of anilines is 1. The zero-order valence-corrected chi connectivity index (χ0v) is 23.6. The molecule has 6 aromatic rings. The monoisotopic (exact) mass is 562 g/mol. The summed E-state index contributed by atoms with van der Waals surface area (Å²) in [6, 6.07) is 28.4. The van der Waals surface area contributed by atoms with E-state index in [4.69, 9.17) is 25.7 Å². The average Bonchev–Trinajstić information content (AvgIpc) is 3.39. The number of hydrogen-bond acceptors (Lipinski definition) is 6. The van der Waals surface area contributed by atoms with Crippen molar-refractivity contribution < 1.29 is 9.15 Å². The SMILES string of the molecule is Cc1cccc(COc2cc(N(C)C)ccc2C=Nn2c(-c3cc4cc(Cl)ccc4o3)nc3ccccc3c2=O)c1. The fourth-order valence-corrected chi connectivity index (χ4v) is 4.81. The third-order valence-corrected chi connectivity index (χ3v) is 6.99. The summed E-state index contributed by atoms with van der Waals surface area (Å²) in [6.07, 6.45) is 1.62. The molecule has 0 amide bonds. The Balaban J connectivity index is 1.45. The number of halogens is 1. The summed E-state index contributed by atoms with van der Waals surface area (Å²) in [5, 5.41) is 6.47. The zero-order chi connectivity index (χ0) is 28.5. The van der Waals surface area contributed by atoms with Crippen molar-refractivity contribution in [2.45, 2.75) is 13.5 Å². The minimum Gasteiger partial charge on any atom is -0.488 e. The Kier molecular flexibility index (Phi) is 7.03. The molecule has 0 radical (unpaired) electrons. The van der Waals surface area contributed by atoms with E-state index >= 15 is 0 Å². The van der Waals surface area contributed by atoms with Gasteiger partial charge in [0, 0.05) is 41.8 Å². The fourth-order valence-electron chi connectivity index (χ4n) is 4.63. The molecule has 0 N–H and O–H groups in total. The van der Waals surface area contributed by atoms with Crippen LogP contribution in [0.3, 0.4) is 0 Å². The number of benzene rings is 4. The van der Waals surface area contributed by atoms with E-state index in [1.807, 2.05) is 61.5 Å². The number of nitrogens with zero attached hydrogens (tertiary/aromatic N) is 4. The maximum atomic E-state index is 13.7. The van der Waals surface area contributed by atoms with Crippen molar-refractivity contribution in [1.29, 1.82) is 0 Å². The van der Waals surface area contributed by atoms with Crippen LogP contribution in [0.5, 0.6) is 5.75 Å². The van der Waals surface area contributed by atoms with Crippen molar-refractivity contribution in [3.05, 3.63) is 123 Å². The Hall–Kier alpha value is -4.88. The maximum absolute atomic E-state index is 13.7. The second-order valence-electron chi connectivity index (χ2n) is 10.0. The Morgan fingerprint density at radius 2 is 1.85 bits per heavy atom. The van der Waals surface area contributed by atoms with E-state index < -0.39 is 0 Å². The summed E-state index contributed by atoms with van der Waals surface area (Å²) in [5.41, 5.74) is 4.79. The summed E-state index contributed by atoms with van der Waals surface area (Å²) in [5.74, 6) is 1.33. The van der Waals surface area contributed by atoms with Gasteiger partial charge in [-0.25, -0.2) is 4.98 Å². The number of rotatable bonds is 7. The molecule has 8 heteroatoms. The highest BCUT2D eigenvalue weighted by atomic mass is 35.5. The highest BCUT2D eigenvalue weighted by Crippen LogP contribution is 2.30. The van der Waals surface area contributed by atoms with E-state index in [9.17, 15) is 4.79 Å². The van der Waals surface area contributed by atoms with Gasteiger partial charge in [0.2, 0.25) is 5.82 Å². The predicted molar refractivity (Wildman–Crippen MR) is 165 cm³/mol. The molecule has 0 atom stereocenters. The number of fused-ring (bicyclic) bond motifs is 2. The third-order valence-electron chi connectivity index (χ3n) is 6.76. The fraction of sp³-hybridized carbons (Fsp3) is 0.121. The van der Waals surface area contributed by atoms with Gasteiger partial charge in [-0.1, -0.05) is 53.6 Å². The molecular weight excluding hydrogens is 536 g/mol. The summed E-state index contributed by atoms with van der Waals surface area (Å²) < 4.78 is 13.6. The number of para-hydroxylation sites is 1. The smallest absolute Gasteiger partial charge is 0.282 e. The lowest BCUT2D eigenvalue weighted by atomic mass is 10.1. The lowest BCUT2D eigenvalue weighted by molar-refractivity contribution is 0.306. The summed E-state index contributed by atoms with van der Waals surface area (Å²) >= 11 is 6.19. The van der Waals surface area contributed by atoms with Gasteiger partial charge in [-0.15, -0.1) is 0 Å². The van der Waals surface area contributed by atoms with Crippen LogP contribution in [-0.4, -0.2) is 30.0 Å². The largest absolute Gasteiger partial charge is 0.488 e. The molecule has 0 unspecified atom stereocenters. The molecule has 0 aliphatic carbocycles. The number of ether oxygens (including phenoxy) is 1. The Labute approximate surface area is 241 Å². The third kappa shape index (κ3) is 5.44. The molecule has 0 aliphatic rings. The van der Waals surface area contributed by atoms with Crippen LogP contribution >= 0.6 is 11.6 Å². The van der Waals surface area contributed by atoms with E-state index in [1.165, 1.54) is 10.2 Å². The number of furan rings is 1.